The molecule has 0 spiro atoms. The minimum absolute atomic E-state index is 0.361. The third-order valence-electron chi connectivity index (χ3n) is 3.20. The first-order chi connectivity index (χ1) is 9.15. The molecular formula is C15H12N2O2. The fourth-order valence-corrected chi connectivity index (χ4v) is 2.12. The van der Waals surface area contributed by atoms with Crippen LogP contribution in [0.3, 0.4) is 0 Å². The van der Waals surface area contributed by atoms with E-state index < -0.39 is 6.03 Å². The molecule has 2 aromatic rings. The van der Waals surface area contributed by atoms with Crippen molar-refractivity contribution in [1.82, 2.24) is 10.2 Å². The fourth-order valence-electron chi connectivity index (χ4n) is 2.12. The highest BCUT2D eigenvalue weighted by molar-refractivity contribution is 6.13. The van der Waals surface area contributed by atoms with Gasteiger partial charge in [-0.1, -0.05) is 36.4 Å². The summed E-state index contributed by atoms with van der Waals surface area (Å²) in [5, 5.41) is 4.50. The van der Waals surface area contributed by atoms with Crippen LogP contribution in [0.15, 0.2) is 48.2 Å². The van der Waals surface area contributed by atoms with E-state index >= 15 is 0 Å². The van der Waals surface area contributed by atoms with Gasteiger partial charge >= 0.3 is 6.03 Å². The lowest BCUT2D eigenvalue weighted by Crippen LogP contribution is -2.24. The van der Waals surface area contributed by atoms with E-state index in [1.807, 2.05) is 42.5 Å². The van der Waals surface area contributed by atoms with Crippen LogP contribution in [0, 0.1) is 0 Å². The highest BCUT2D eigenvalue weighted by Gasteiger charge is 2.29. The van der Waals surface area contributed by atoms with Gasteiger partial charge in [0.2, 0.25) is 0 Å². The normalized spacial score (nSPS) is 17.3. The van der Waals surface area contributed by atoms with Crippen LogP contribution < -0.4 is 5.32 Å². The van der Waals surface area contributed by atoms with Gasteiger partial charge in [-0.25, -0.2) is 4.79 Å². The van der Waals surface area contributed by atoms with Gasteiger partial charge in [0.05, 0.1) is 0 Å². The largest absolute Gasteiger partial charge is 0.328 e. The Morgan fingerprint density at radius 1 is 1.05 bits per heavy atom. The smallest absolute Gasteiger partial charge is 0.292 e. The quantitative estimate of drug-likeness (QED) is 0.625. The second kappa shape index (κ2) is 4.24. The van der Waals surface area contributed by atoms with Gasteiger partial charge < -0.3 is 0 Å². The molecule has 2 aromatic carbocycles. The maximum atomic E-state index is 11.6. The van der Waals surface area contributed by atoms with E-state index in [-0.39, 0.29) is 5.91 Å². The van der Waals surface area contributed by atoms with Crippen molar-refractivity contribution in [1.29, 1.82) is 0 Å². The number of urea groups is 1. The molecule has 94 valence electrons. The first-order valence-electron chi connectivity index (χ1n) is 5.95. The molecule has 1 aliphatic heterocycles. The van der Waals surface area contributed by atoms with Crippen LogP contribution in [-0.2, 0) is 4.79 Å². The molecule has 1 heterocycles. The zero-order valence-corrected chi connectivity index (χ0v) is 10.4. The van der Waals surface area contributed by atoms with Crippen molar-refractivity contribution in [2.75, 3.05) is 7.05 Å². The van der Waals surface area contributed by atoms with E-state index in [2.05, 4.69) is 5.32 Å². The van der Waals surface area contributed by atoms with Gasteiger partial charge in [-0.2, -0.15) is 0 Å². The molecule has 0 unspecified atom stereocenters. The minimum Gasteiger partial charge on any atom is -0.292 e. The molecule has 0 aromatic heterocycles. The average Bonchev–Trinajstić information content (AvgIpc) is 2.65. The van der Waals surface area contributed by atoms with E-state index in [0.29, 0.717) is 5.70 Å². The van der Waals surface area contributed by atoms with Gasteiger partial charge in [0.1, 0.15) is 5.70 Å². The Bertz CT molecular complexity index is 719. The molecule has 0 aliphatic carbocycles. The number of hydrogen-bond donors (Lipinski definition) is 1. The number of amides is 3. The Balaban J connectivity index is 2.05. The lowest BCUT2D eigenvalue weighted by molar-refractivity contribution is -0.115. The number of nitrogens with zero attached hydrogens (tertiary/aromatic N) is 1. The summed E-state index contributed by atoms with van der Waals surface area (Å²) in [7, 11) is 1.58. The second-order valence-corrected chi connectivity index (χ2v) is 4.45. The molecule has 0 atom stereocenters. The van der Waals surface area contributed by atoms with E-state index in [4.69, 9.17) is 0 Å². The average molecular weight is 252 g/mol. The number of carbonyl (C=O) groups excluding carboxylic acids is 2. The van der Waals surface area contributed by atoms with Crippen molar-refractivity contribution in [3.63, 3.8) is 0 Å². The maximum Gasteiger partial charge on any atom is 0.328 e. The van der Waals surface area contributed by atoms with Crippen LogP contribution >= 0.6 is 0 Å². The topological polar surface area (TPSA) is 49.4 Å². The van der Waals surface area contributed by atoms with Crippen molar-refractivity contribution in [2.45, 2.75) is 0 Å². The van der Waals surface area contributed by atoms with Crippen molar-refractivity contribution in [3.05, 3.63) is 53.7 Å². The van der Waals surface area contributed by atoms with Crippen molar-refractivity contribution in [3.8, 4) is 0 Å². The van der Waals surface area contributed by atoms with Crippen LogP contribution in [0.4, 0.5) is 4.79 Å². The fraction of sp³-hybridized carbons (Fsp3) is 0.0667. The Hall–Kier alpha value is -2.62. The summed E-state index contributed by atoms with van der Waals surface area (Å²) in [5.74, 6) is -0.361. The molecule has 1 saturated heterocycles. The predicted molar refractivity (Wildman–Crippen MR) is 73.2 cm³/mol. The lowest BCUT2D eigenvalue weighted by Gasteiger charge is -2.07. The van der Waals surface area contributed by atoms with Gasteiger partial charge in [0, 0.05) is 7.05 Å². The van der Waals surface area contributed by atoms with Crippen molar-refractivity contribution < 1.29 is 9.59 Å². The van der Waals surface area contributed by atoms with E-state index in [1.54, 1.807) is 13.1 Å². The van der Waals surface area contributed by atoms with Gasteiger partial charge in [0.25, 0.3) is 5.91 Å². The standard InChI is InChI=1S/C15H12N2O2/c1-17-13(14(18)16-15(17)19)9-10-6-7-11-4-2-3-5-12(11)8-10/h2-9H,1H3,(H,16,18,19). The first-order valence-corrected chi connectivity index (χ1v) is 5.95. The number of fused-ring (bicyclic) bond motifs is 1. The van der Waals surface area contributed by atoms with Crippen LogP contribution in [0.5, 0.6) is 0 Å². The van der Waals surface area contributed by atoms with Crippen LogP contribution in [-0.4, -0.2) is 23.9 Å². The van der Waals surface area contributed by atoms with Crippen LogP contribution in [0.2, 0.25) is 0 Å². The molecule has 1 aliphatic rings. The molecule has 4 heteroatoms. The Labute approximate surface area is 110 Å². The number of rotatable bonds is 1. The minimum atomic E-state index is -0.392. The Morgan fingerprint density at radius 3 is 2.47 bits per heavy atom. The molecule has 1 fully saturated rings. The zero-order valence-electron chi connectivity index (χ0n) is 10.4. The molecular weight excluding hydrogens is 240 g/mol. The van der Waals surface area contributed by atoms with Crippen molar-refractivity contribution >= 4 is 28.8 Å². The Kier molecular flexibility index (Phi) is 2.56. The third-order valence-corrected chi connectivity index (χ3v) is 3.20. The van der Waals surface area contributed by atoms with E-state index in [1.165, 1.54) is 4.90 Å². The predicted octanol–water partition coefficient (Wildman–Crippen LogP) is 2.36. The Morgan fingerprint density at radius 2 is 1.79 bits per heavy atom. The number of benzene rings is 2. The lowest BCUT2D eigenvalue weighted by atomic mass is 10.1. The zero-order chi connectivity index (χ0) is 13.4. The molecule has 3 rings (SSSR count). The first kappa shape index (κ1) is 11.5. The third kappa shape index (κ3) is 1.97. The summed E-state index contributed by atoms with van der Waals surface area (Å²) in [6.07, 6.45) is 1.71. The van der Waals surface area contributed by atoms with Gasteiger partial charge in [-0.3, -0.25) is 15.0 Å². The van der Waals surface area contributed by atoms with Gasteiger partial charge in [-0.15, -0.1) is 0 Å². The summed E-state index contributed by atoms with van der Waals surface area (Å²) in [4.78, 5) is 24.3. The number of likely N-dealkylation sites (N-methyl/N-ethyl adjacent to an activating group) is 1. The van der Waals surface area contributed by atoms with Crippen molar-refractivity contribution in [2.24, 2.45) is 0 Å². The van der Waals surface area contributed by atoms with Gasteiger partial charge in [-0.05, 0) is 28.5 Å². The number of nitrogens with one attached hydrogen (secondary N) is 1. The molecule has 4 nitrogen and oxygen atoms in total. The summed E-state index contributed by atoms with van der Waals surface area (Å²) in [6.45, 7) is 0. The second-order valence-electron chi connectivity index (χ2n) is 4.45. The number of hydrogen-bond acceptors (Lipinski definition) is 2. The van der Waals surface area contributed by atoms with Crippen LogP contribution in [0.1, 0.15) is 5.56 Å². The summed E-state index contributed by atoms with van der Waals surface area (Å²) in [5.41, 5.74) is 1.26. The molecule has 0 saturated carbocycles. The summed E-state index contributed by atoms with van der Waals surface area (Å²) >= 11 is 0. The highest BCUT2D eigenvalue weighted by atomic mass is 16.2. The van der Waals surface area contributed by atoms with Crippen LogP contribution in [0.25, 0.3) is 16.8 Å². The molecule has 1 N–H and O–H groups in total. The monoisotopic (exact) mass is 252 g/mol. The van der Waals surface area contributed by atoms with E-state index in [0.717, 1.165) is 16.3 Å². The van der Waals surface area contributed by atoms with E-state index in [9.17, 15) is 9.59 Å². The molecule has 0 bridgehead atoms. The SMILES string of the molecule is CN1C(=O)NC(=O)C1=Cc1ccc2ccccc2c1. The summed E-state index contributed by atoms with van der Waals surface area (Å²) < 4.78 is 0. The van der Waals surface area contributed by atoms with Gasteiger partial charge in [0.15, 0.2) is 0 Å². The number of imide groups is 1. The number of carbonyl (C=O) groups is 2. The molecule has 0 radical (unpaired) electrons. The summed E-state index contributed by atoms with van der Waals surface area (Å²) in [6, 6.07) is 13.5. The molecule has 19 heavy (non-hydrogen) atoms. The molecule has 3 amide bonds. The highest BCUT2D eigenvalue weighted by Crippen LogP contribution is 2.19. The maximum absolute atomic E-state index is 11.6.